The summed E-state index contributed by atoms with van der Waals surface area (Å²) in [6, 6.07) is 0.429. The van der Waals surface area contributed by atoms with Crippen molar-refractivity contribution in [2.75, 3.05) is 20.6 Å². The summed E-state index contributed by atoms with van der Waals surface area (Å²) in [5.41, 5.74) is -0.474. The second-order valence-electron chi connectivity index (χ2n) is 8.09. The van der Waals surface area contributed by atoms with Crippen LogP contribution in [0.15, 0.2) is 4.99 Å². The number of amides is 1. The third-order valence-corrected chi connectivity index (χ3v) is 4.85. The Bertz CT molecular complexity index is 489. The van der Waals surface area contributed by atoms with Gasteiger partial charge in [-0.25, -0.2) is 4.79 Å². The molecule has 0 aliphatic carbocycles. The van der Waals surface area contributed by atoms with Crippen LogP contribution in [0.1, 0.15) is 53.4 Å². The summed E-state index contributed by atoms with van der Waals surface area (Å²) >= 11 is 0. The van der Waals surface area contributed by atoms with Crippen molar-refractivity contribution in [1.82, 2.24) is 15.5 Å². The molecule has 0 aromatic heterocycles. The third kappa shape index (κ3) is 5.76. The van der Waals surface area contributed by atoms with E-state index in [1.165, 1.54) is 6.42 Å². The van der Waals surface area contributed by atoms with E-state index >= 15 is 0 Å². The molecule has 7 nitrogen and oxygen atoms in total. The fourth-order valence-corrected chi connectivity index (χ4v) is 3.27. The minimum Gasteiger partial charge on any atom is -0.444 e. The molecule has 0 aromatic rings. The zero-order valence-corrected chi connectivity index (χ0v) is 16.5. The van der Waals surface area contributed by atoms with Crippen LogP contribution in [0.2, 0.25) is 0 Å². The number of carbonyl (C=O) groups is 1. The highest BCUT2D eigenvalue weighted by molar-refractivity contribution is 5.80. The van der Waals surface area contributed by atoms with Gasteiger partial charge in [0, 0.05) is 26.7 Å². The lowest BCUT2D eigenvalue weighted by molar-refractivity contribution is 0.0230. The predicted molar refractivity (Wildman–Crippen MR) is 98.9 cm³/mol. The molecule has 25 heavy (non-hydrogen) atoms. The van der Waals surface area contributed by atoms with E-state index in [-0.39, 0.29) is 12.1 Å². The summed E-state index contributed by atoms with van der Waals surface area (Å²) in [7, 11) is 3.55. The highest BCUT2D eigenvalue weighted by atomic mass is 16.6. The highest BCUT2D eigenvalue weighted by Gasteiger charge is 2.41. The number of hydrogen-bond acceptors (Lipinski definition) is 4. The van der Waals surface area contributed by atoms with Crippen molar-refractivity contribution in [1.29, 1.82) is 0 Å². The van der Waals surface area contributed by atoms with E-state index < -0.39 is 5.60 Å². The van der Waals surface area contributed by atoms with Crippen molar-refractivity contribution in [2.24, 2.45) is 4.99 Å². The van der Waals surface area contributed by atoms with Gasteiger partial charge in [0.1, 0.15) is 5.60 Å². The maximum atomic E-state index is 12.1. The second kappa shape index (κ2) is 8.25. The van der Waals surface area contributed by atoms with E-state index in [4.69, 9.17) is 9.47 Å². The molecule has 4 atom stereocenters. The molecule has 2 bridgehead atoms. The molecular formula is C18H34N4O3. The Morgan fingerprint density at radius 2 is 2.12 bits per heavy atom. The van der Waals surface area contributed by atoms with E-state index in [1.54, 1.807) is 19.0 Å². The standard InChI is InChI=1S/C18H34N4O3/c1-12(22(6)17(23)25-18(2,3)4)9-10-20-16(19-5)21-14-11-13-7-8-15(14)24-13/h12-15H,7-11H2,1-6H3,(H2,19,20,21). The summed E-state index contributed by atoms with van der Waals surface area (Å²) < 4.78 is 11.3. The van der Waals surface area contributed by atoms with Crippen LogP contribution in [0, 0.1) is 0 Å². The van der Waals surface area contributed by atoms with Crippen molar-refractivity contribution in [3.63, 3.8) is 0 Å². The molecule has 2 aliphatic heterocycles. The molecule has 0 aromatic carbocycles. The summed E-state index contributed by atoms with van der Waals surface area (Å²) in [5, 5.41) is 6.80. The molecule has 7 heteroatoms. The van der Waals surface area contributed by atoms with E-state index in [0.717, 1.165) is 31.8 Å². The van der Waals surface area contributed by atoms with Gasteiger partial charge in [-0.2, -0.15) is 0 Å². The van der Waals surface area contributed by atoms with Gasteiger partial charge in [-0.3, -0.25) is 4.99 Å². The first-order valence-electron chi connectivity index (χ1n) is 9.28. The maximum absolute atomic E-state index is 12.1. The Kier molecular flexibility index (Phi) is 6.54. The summed E-state index contributed by atoms with van der Waals surface area (Å²) in [6.45, 7) is 8.38. The Labute approximate surface area is 151 Å². The van der Waals surface area contributed by atoms with E-state index in [0.29, 0.717) is 18.2 Å². The average molecular weight is 354 g/mol. The third-order valence-electron chi connectivity index (χ3n) is 4.85. The topological polar surface area (TPSA) is 75.2 Å². The van der Waals surface area contributed by atoms with Crippen molar-refractivity contribution >= 4 is 12.1 Å². The maximum Gasteiger partial charge on any atom is 0.410 e. The van der Waals surface area contributed by atoms with Crippen LogP contribution in [0.4, 0.5) is 4.79 Å². The molecule has 0 spiro atoms. The predicted octanol–water partition coefficient (Wildman–Crippen LogP) is 2.12. The van der Waals surface area contributed by atoms with Gasteiger partial charge < -0.3 is 25.0 Å². The Morgan fingerprint density at radius 1 is 1.40 bits per heavy atom. The first kappa shape index (κ1) is 19.8. The van der Waals surface area contributed by atoms with Crippen molar-refractivity contribution in [2.45, 2.75) is 83.3 Å². The van der Waals surface area contributed by atoms with Gasteiger partial charge in [0.2, 0.25) is 0 Å². The number of rotatable bonds is 5. The van der Waals surface area contributed by atoms with E-state index in [2.05, 4.69) is 15.6 Å². The smallest absolute Gasteiger partial charge is 0.410 e. The van der Waals surface area contributed by atoms with E-state index in [1.807, 2.05) is 27.7 Å². The zero-order valence-electron chi connectivity index (χ0n) is 16.5. The van der Waals surface area contributed by atoms with E-state index in [9.17, 15) is 4.79 Å². The molecule has 2 fully saturated rings. The van der Waals surface area contributed by atoms with Crippen molar-refractivity contribution in [3.05, 3.63) is 0 Å². The molecular weight excluding hydrogens is 320 g/mol. The Morgan fingerprint density at radius 3 is 2.64 bits per heavy atom. The van der Waals surface area contributed by atoms with Crippen LogP contribution in [0.5, 0.6) is 0 Å². The summed E-state index contributed by atoms with van der Waals surface area (Å²) in [6.07, 6.45) is 4.64. The second-order valence-corrected chi connectivity index (χ2v) is 8.09. The number of carbonyl (C=O) groups excluding carboxylic acids is 1. The summed E-state index contributed by atoms with van der Waals surface area (Å²) in [4.78, 5) is 18.0. The quantitative estimate of drug-likeness (QED) is 0.584. The van der Waals surface area contributed by atoms with Gasteiger partial charge in [0.05, 0.1) is 18.2 Å². The highest BCUT2D eigenvalue weighted by Crippen LogP contribution is 2.34. The number of ether oxygens (including phenoxy) is 2. The number of fused-ring (bicyclic) bond motifs is 2. The van der Waals surface area contributed by atoms with Crippen LogP contribution in [0.25, 0.3) is 0 Å². The van der Waals surface area contributed by atoms with Gasteiger partial charge in [-0.05, 0) is 53.4 Å². The van der Waals surface area contributed by atoms with Gasteiger partial charge in [-0.15, -0.1) is 0 Å². The van der Waals surface area contributed by atoms with Crippen molar-refractivity contribution < 1.29 is 14.3 Å². The Balaban J connectivity index is 1.70. The first-order valence-corrected chi connectivity index (χ1v) is 9.28. The molecule has 144 valence electrons. The lowest BCUT2D eigenvalue weighted by Crippen LogP contribution is -2.48. The van der Waals surface area contributed by atoms with Crippen LogP contribution < -0.4 is 10.6 Å². The fraction of sp³-hybridized carbons (Fsp3) is 0.889. The summed E-state index contributed by atoms with van der Waals surface area (Å²) in [5.74, 6) is 0.799. The van der Waals surface area contributed by atoms with Gasteiger partial charge in [0.15, 0.2) is 5.96 Å². The fourth-order valence-electron chi connectivity index (χ4n) is 3.27. The SMILES string of the molecule is CN=C(NCCC(C)N(C)C(=O)OC(C)(C)C)NC1CC2CCC1O2. The van der Waals surface area contributed by atoms with Crippen molar-refractivity contribution in [3.8, 4) is 0 Å². The molecule has 2 aliphatic rings. The van der Waals surface area contributed by atoms with Crippen LogP contribution in [-0.4, -0.2) is 67.5 Å². The average Bonchev–Trinajstić information content (AvgIpc) is 3.14. The largest absolute Gasteiger partial charge is 0.444 e. The molecule has 1 amide bonds. The lowest BCUT2D eigenvalue weighted by atomic mass is 9.96. The van der Waals surface area contributed by atoms with Gasteiger partial charge in [0.25, 0.3) is 0 Å². The lowest BCUT2D eigenvalue weighted by Gasteiger charge is -2.29. The molecule has 2 N–H and O–H groups in total. The minimum atomic E-state index is -0.474. The molecule has 2 saturated heterocycles. The molecule has 0 saturated carbocycles. The molecule has 4 unspecified atom stereocenters. The monoisotopic (exact) mass is 354 g/mol. The van der Waals surface area contributed by atoms with Crippen LogP contribution in [-0.2, 0) is 9.47 Å². The molecule has 2 heterocycles. The van der Waals surface area contributed by atoms with Gasteiger partial charge in [-0.1, -0.05) is 0 Å². The zero-order chi connectivity index (χ0) is 18.6. The van der Waals surface area contributed by atoms with Gasteiger partial charge >= 0.3 is 6.09 Å². The van der Waals surface area contributed by atoms with Crippen LogP contribution in [0.3, 0.4) is 0 Å². The Hall–Kier alpha value is -1.50. The normalized spacial score (nSPS) is 27.1. The van der Waals surface area contributed by atoms with Crippen LogP contribution >= 0.6 is 0 Å². The minimum absolute atomic E-state index is 0.0753. The number of guanidine groups is 1. The molecule has 2 rings (SSSR count). The number of hydrogen-bond donors (Lipinski definition) is 2. The number of nitrogens with one attached hydrogen (secondary N) is 2. The number of nitrogens with zero attached hydrogens (tertiary/aromatic N) is 2. The first-order chi connectivity index (χ1) is 11.7. The number of aliphatic imine (C=N–C) groups is 1. The molecule has 0 radical (unpaired) electrons.